The van der Waals surface area contributed by atoms with E-state index in [9.17, 15) is 23.5 Å². The fourth-order valence-electron chi connectivity index (χ4n) is 5.23. The molecule has 4 rings (SSSR count). The van der Waals surface area contributed by atoms with Gasteiger partial charge in [-0.1, -0.05) is 95.3 Å². The van der Waals surface area contributed by atoms with Gasteiger partial charge in [0.15, 0.2) is 5.60 Å². The van der Waals surface area contributed by atoms with Crippen LogP contribution in [0.15, 0.2) is 72.8 Å². The molecule has 0 spiro atoms. The first-order valence-electron chi connectivity index (χ1n) is 13.3. The SMILES string of the molecule is CC(C)(C)c1ccc(OCc2ccccc2)c(C(C)(C)CC(O)(Cc2[nH]c3ccccc3c2C#N)C(F)(F)F)c1. The van der Waals surface area contributed by atoms with E-state index in [0.717, 1.165) is 11.1 Å². The molecule has 0 saturated heterocycles. The van der Waals surface area contributed by atoms with Crippen molar-refractivity contribution in [3.63, 3.8) is 0 Å². The molecule has 1 heterocycles. The number of aromatic amines is 1. The molecule has 7 heteroatoms. The van der Waals surface area contributed by atoms with Crippen molar-refractivity contribution in [1.29, 1.82) is 5.26 Å². The maximum atomic E-state index is 14.7. The van der Waals surface area contributed by atoms with Gasteiger partial charge in [0.2, 0.25) is 0 Å². The summed E-state index contributed by atoms with van der Waals surface area (Å²) in [5, 5.41) is 21.7. The Kier molecular flexibility index (Phi) is 7.79. The van der Waals surface area contributed by atoms with Crippen molar-refractivity contribution in [2.45, 2.75) is 76.7 Å². The van der Waals surface area contributed by atoms with Gasteiger partial charge in [-0.15, -0.1) is 0 Å². The third kappa shape index (κ3) is 6.03. The van der Waals surface area contributed by atoms with Gasteiger partial charge in [0.05, 0.1) is 5.56 Å². The smallest absolute Gasteiger partial charge is 0.417 e. The first-order chi connectivity index (χ1) is 18.6. The highest BCUT2D eigenvalue weighted by Crippen LogP contribution is 2.46. The molecule has 0 fully saturated rings. The molecule has 0 aliphatic rings. The topological polar surface area (TPSA) is 69.0 Å². The van der Waals surface area contributed by atoms with E-state index in [1.165, 1.54) is 0 Å². The van der Waals surface area contributed by atoms with E-state index in [0.29, 0.717) is 22.2 Å². The van der Waals surface area contributed by atoms with Gasteiger partial charge in [-0.05, 0) is 40.5 Å². The van der Waals surface area contributed by atoms with Gasteiger partial charge >= 0.3 is 6.18 Å². The number of para-hydroxylation sites is 1. The average Bonchev–Trinajstić information content (AvgIpc) is 3.23. The quantitative estimate of drug-likeness (QED) is 0.234. The predicted molar refractivity (Wildman–Crippen MR) is 151 cm³/mol. The predicted octanol–water partition coefficient (Wildman–Crippen LogP) is 8.12. The molecular formula is C33H35F3N2O2. The van der Waals surface area contributed by atoms with E-state index in [1.54, 1.807) is 44.2 Å². The molecule has 4 aromatic rings. The Morgan fingerprint density at radius 3 is 2.17 bits per heavy atom. The van der Waals surface area contributed by atoms with Crippen LogP contribution >= 0.6 is 0 Å². The lowest BCUT2D eigenvalue weighted by atomic mass is 9.71. The van der Waals surface area contributed by atoms with Gasteiger partial charge < -0.3 is 14.8 Å². The molecule has 0 aliphatic carbocycles. The van der Waals surface area contributed by atoms with Crippen molar-refractivity contribution >= 4 is 10.9 Å². The lowest BCUT2D eigenvalue weighted by molar-refractivity contribution is -0.266. The van der Waals surface area contributed by atoms with E-state index in [-0.39, 0.29) is 23.3 Å². The van der Waals surface area contributed by atoms with E-state index in [2.05, 4.69) is 4.98 Å². The number of benzene rings is 3. The average molecular weight is 549 g/mol. The first-order valence-corrected chi connectivity index (χ1v) is 13.3. The van der Waals surface area contributed by atoms with Crippen LogP contribution in [0.4, 0.5) is 13.2 Å². The van der Waals surface area contributed by atoms with Crippen LogP contribution in [-0.4, -0.2) is 21.9 Å². The summed E-state index contributed by atoms with van der Waals surface area (Å²) in [6.07, 6.45) is -6.38. The van der Waals surface area contributed by atoms with E-state index >= 15 is 0 Å². The van der Waals surface area contributed by atoms with Crippen molar-refractivity contribution in [2.75, 3.05) is 0 Å². The zero-order valence-corrected chi connectivity index (χ0v) is 23.5. The van der Waals surface area contributed by atoms with Gasteiger partial charge in [0.25, 0.3) is 0 Å². The summed E-state index contributed by atoms with van der Waals surface area (Å²) in [6.45, 7) is 9.75. The molecular weight excluding hydrogens is 513 g/mol. The number of ether oxygens (including phenoxy) is 1. The zero-order chi connectivity index (χ0) is 29.3. The summed E-state index contributed by atoms with van der Waals surface area (Å²) < 4.78 is 50.2. The zero-order valence-electron chi connectivity index (χ0n) is 23.5. The fourth-order valence-corrected chi connectivity index (χ4v) is 5.23. The fraction of sp³-hybridized carbons (Fsp3) is 0.364. The second-order valence-electron chi connectivity index (χ2n) is 12.1. The van der Waals surface area contributed by atoms with Crippen molar-refractivity contribution in [2.24, 2.45) is 0 Å². The molecule has 0 saturated carbocycles. The van der Waals surface area contributed by atoms with Crippen LogP contribution in [0.3, 0.4) is 0 Å². The highest BCUT2D eigenvalue weighted by Gasteiger charge is 2.56. The highest BCUT2D eigenvalue weighted by atomic mass is 19.4. The molecule has 1 atom stereocenters. The number of alkyl halides is 3. The molecule has 0 amide bonds. The van der Waals surface area contributed by atoms with Crippen LogP contribution in [0.25, 0.3) is 10.9 Å². The molecule has 210 valence electrons. The number of nitrogens with zero attached hydrogens (tertiary/aromatic N) is 1. The van der Waals surface area contributed by atoms with Crippen LogP contribution in [0.1, 0.15) is 69.0 Å². The van der Waals surface area contributed by atoms with Crippen molar-refractivity contribution in [3.05, 3.63) is 101 Å². The lowest BCUT2D eigenvalue weighted by Gasteiger charge is -2.39. The van der Waals surface area contributed by atoms with E-state index < -0.39 is 30.0 Å². The summed E-state index contributed by atoms with van der Waals surface area (Å²) >= 11 is 0. The number of hydrogen-bond acceptors (Lipinski definition) is 3. The Morgan fingerprint density at radius 2 is 1.55 bits per heavy atom. The highest BCUT2D eigenvalue weighted by molar-refractivity contribution is 5.87. The van der Waals surface area contributed by atoms with Gasteiger partial charge in [0, 0.05) is 28.6 Å². The number of nitriles is 1. The molecule has 0 bridgehead atoms. The molecule has 4 nitrogen and oxygen atoms in total. The summed E-state index contributed by atoms with van der Waals surface area (Å²) in [4.78, 5) is 2.94. The Balaban J connectivity index is 1.75. The minimum absolute atomic E-state index is 0.0586. The number of aliphatic hydroxyl groups is 1. The third-order valence-corrected chi connectivity index (χ3v) is 7.44. The minimum Gasteiger partial charge on any atom is -0.489 e. The Labute approximate surface area is 233 Å². The van der Waals surface area contributed by atoms with E-state index in [4.69, 9.17) is 4.74 Å². The number of H-pyrrole nitrogens is 1. The molecule has 0 aliphatic heterocycles. The van der Waals surface area contributed by atoms with E-state index in [1.807, 2.05) is 69.3 Å². The normalized spacial score (nSPS) is 14.1. The molecule has 2 N–H and O–H groups in total. The summed E-state index contributed by atoms with van der Waals surface area (Å²) in [6, 6.07) is 24.0. The molecule has 1 unspecified atom stereocenters. The van der Waals surface area contributed by atoms with Crippen molar-refractivity contribution < 1.29 is 23.0 Å². The number of fused-ring (bicyclic) bond motifs is 1. The maximum Gasteiger partial charge on any atom is 0.417 e. The first kappa shape index (κ1) is 29.2. The molecule has 3 aromatic carbocycles. The Bertz CT molecular complexity index is 1530. The van der Waals surface area contributed by atoms with Crippen LogP contribution < -0.4 is 4.74 Å². The van der Waals surface area contributed by atoms with Gasteiger partial charge in [-0.25, -0.2) is 0 Å². The standard InChI is InChI=1S/C33H35F3N2O2/c1-30(2,3)23-15-16-29(40-20-22-11-7-6-8-12-22)26(17-23)31(4,5)21-32(39,33(34,35)36)18-28-25(19-37)24-13-9-10-14-27(24)38-28/h6-17,38-39H,18,20-21H2,1-5H3. The Morgan fingerprint density at radius 1 is 0.900 bits per heavy atom. The molecule has 1 aromatic heterocycles. The monoisotopic (exact) mass is 548 g/mol. The van der Waals surface area contributed by atoms with Gasteiger partial charge in [-0.3, -0.25) is 0 Å². The largest absolute Gasteiger partial charge is 0.489 e. The number of rotatable bonds is 8. The van der Waals surface area contributed by atoms with Crippen LogP contribution in [0.5, 0.6) is 5.75 Å². The van der Waals surface area contributed by atoms with Crippen LogP contribution in [-0.2, 0) is 23.9 Å². The second kappa shape index (κ2) is 10.7. The van der Waals surface area contributed by atoms with Crippen molar-refractivity contribution in [1.82, 2.24) is 4.98 Å². The Hall–Kier alpha value is -3.76. The van der Waals surface area contributed by atoms with Crippen LogP contribution in [0.2, 0.25) is 0 Å². The molecule has 40 heavy (non-hydrogen) atoms. The number of hydrogen-bond donors (Lipinski definition) is 2. The third-order valence-electron chi connectivity index (χ3n) is 7.44. The van der Waals surface area contributed by atoms with Gasteiger partial charge in [-0.2, -0.15) is 18.4 Å². The second-order valence-corrected chi connectivity index (χ2v) is 12.1. The summed E-state index contributed by atoms with van der Waals surface area (Å²) in [5.41, 5.74) is -1.35. The van der Waals surface area contributed by atoms with Crippen LogP contribution in [0, 0.1) is 11.3 Å². The number of aromatic nitrogens is 1. The molecule has 0 radical (unpaired) electrons. The summed E-state index contributed by atoms with van der Waals surface area (Å²) in [5.74, 6) is 0.467. The summed E-state index contributed by atoms with van der Waals surface area (Å²) in [7, 11) is 0. The van der Waals surface area contributed by atoms with Gasteiger partial charge in [0.1, 0.15) is 18.4 Å². The van der Waals surface area contributed by atoms with Crippen molar-refractivity contribution in [3.8, 4) is 11.8 Å². The lowest BCUT2D eigenvalue weighted by Crippen LogP contribution is -2.51. The maximum absolute atomic E-state index is 14.7. The number of halogens is 3. The number of nitrogens with one attached hydrogen (secondary N) is 1. The minimum atomic E-state index is -4.96.